The number of carbonyl (C=O) groups is 1. The zero-order valence-corrected chi connectivity index (χ0v) is 19.6. The van der Waals surface area contributed by atoms with Gasteiger partial charge < -0.3 is 10.6 Å². The van der Waals surface area contributed by atoms with Gasteiger partial charge in [0.05, 0.1) is 12.3 Å². The first-order chi connectivity index (χ1) is 14.6. The van der Waals surface area contributed by atoms with Gasteiger partial charge in [0, 0.05) is 18.4 Å². The number of allylic oxidation sites excluding steroid dienone is 1. The summed E-state index contributed by atoms with van der Waals surface area (Å²) in [4.78, 5) is 10.9. The molecule has 5 heteroatoms. The number of rotatable bonds is 9. The van der Waals surface area contributed by atoms with Crippen LogP contribution in [-0.4, -0.2) is 37.3 Å². The van der Waals surface area contributed by atoms with Gasteiger partial charge in [-0.15, -0.1) is 0 Å². The number of hydrazone groups is 1. The molecule has 0 bridgehead atoms. The Morgan fingerprint density at radius 2 is 1.68 bits per heavy atom. The Labute approximate surface area is 190 Å². The number of hydrogen-bond acceptors (Lipinski definition) is 5. The lowest BCUT2D eigenvalue weighted by atomic mass is 10.1. The first-order valence-corrected chi connectivity index (χ1v) is 10.6. The van der Waals surface area contributed by atoms with Gasteiger partial charge in [0.2, 0.25) is 0 Å². The first kappa shape index (κ1) is 30.1. The summed E-state index contributed by atoms with van der Waals surface area (Å²) in [6.07, 6.45) is 2.32. The molecule has 2 rings (SSSR count). The molecule has 0 aromatic heterocycles. The summed E-state index contributed by atoms with van der Waals surface area (Å²) in [5.41, 5.74) is 5.04. The summed E-state index contributed by atoms with van der Waals surface area (Å²) in [5, 5.41) is 12.9. The van der Waals surface area contributed by atoms with Crippen LogP contribution < -0.4 is 10.6 Å². The monoisotopic (exact) mass is 426 g/mol. The fourth-order valence-electron chi connectivity index (χ4n) is 2.46. The van der Waals surface area contributed by atoms with Gasteiger partial charge in [0.1, 0.15) is 13.0 Å². The van der Waals surface area contributed by atoms with E-state index in [9.17, 15) is 4.79 Å². The number of hydrogen-bond donors (Lipinski definition) is 2. The molecule has 0 saturated carbocycles. The largest absolute Gasteiger partial charge is 0.379 e. The summed E-state index contributed by atoms with van der Waals surface area (Å²) in [6.45, 7) is 13.1. The molecular weight excluding hydrogens is 384 g/mol. The Balaban J connectivity index is 0. The van der Waals surface area contributed by atoms with E-state index in [2.05, 4.69) is 21.8 Å². The maximum atomic E-state index is 10.9. The normalized spacial score (nSPS) is 10.3. The highest BCUT2D eigenvalue weighted by atomic mass is 16.1. The van der Waals surface area contributed by atoms with Crippen LogP contribution in [0.15, 0.2) is 71.5 Å². The highest BCUT2D eigenvalue weighted by Gasteiger charge is 2.02. The molecule has 0 aliphatic rings. The van der Waals surface area contributed by atoms with E-state index >= 15 is 0 Å². The van der Waals surface area contributed by atoms with Crippen molar-refractivity contribution in [3.63, 3.8) is 0 Å². The third-order valence-electron chi connectivity index (χ3n) is 3.82. The molecule has 0 heterocycles. The number of aldehydes is 1. The van der Waals surface area contributed by atoms with Gasteiger partial charge in [-0.3, -0.25) is 9.80 Å². The summed E-state index contributed by atoms with van der Waals surface area (Å²) in [6, 6.07) is 18.2. The number of carbonyl (C=O) groups excluding carboxylic acids is 1. The van der Waals surface area contributed by atoms with Crippen LogP contribution in [0.25, 0.3) is 0 Å². The third kappa shape index (κ3) is 13.0. The summed E-state index contributed by atoms with van der Waals surface area (Å²) in [5.74, 6) is 0. The van der Waals surface area contributed by atoms with Gasteiger partial charge in [-0.05, 0) is 43.2 Å². The highest BCUT2D eigenvalue weighted by Crippen LogP contribution is 2.09. The molecule has 172 valence electrons. The van der Waals surface area contributed by atoms with Crippen molar-refractivity contribution >= 4 is 17.7 Å². The molecule has 0 unspecified atom stereocenters. The number of nitrogens with one attached hydrogen (secondary N) is 2. The van der Waals surface area contributed by atoms with E-state index in [0.29, 0.717) is 13.2 Å². The quantitative estimate of drug-likeness (QED) is 0.168. The second-order valence-corrected chi connectivity index (χ2v) is 6.09. The average molecular weight is 427 g/mol. The zero-order chi connectivity index (χ0) is 22.8. The minimum Gasteiger partial charge on any atom is -0.379 e. The first-order valence-electron chi connectivity index (χ1n) is 10.6. The minimum absolute atomic E-state index is 0. The smallest absolute Gasteiger partial charge is 0.144 e. The Kier molecular flexibility index (Phi) is 18.4. The van der Waals surface area contributed by atoms with Gasteiger partial charge in [0.25, 0.3) is 0 Å². The second kappa shape index (κ2) is 18.9. The molecule has 2 aromatic carbocycles. The van der Waals surface area contributed by atoms with Crippen LogP contribution in [0, 0.1) is 6.92 Å². The minimum atomic E-state index is 0. The summed E-state index contributed by atoms with van der Waals surface area (Å²) in [7, 11) is 1.89. The number of aryl methyl sites for hydroxylation is 1. The highest BCUT2D eigenvalue weighted by molar-refractivity contribution is 5.98. The van der Waals surface area contributed by atoms with Gasteiger partial charge in [0.15, 0.2) is 0 Å². The average Bonchev–Trinajstić information content (AvgIpc) is 2.79. The molecule has 0 amide bonds. The summed E-state index contributed by atoms with van der Waals surface area (Å²) < 4.78 is 0. The number of anilines is 1. The maximum Gasteiger partial charge on any atom is 0.144 e. The fourth-order valence-corrected chi connectivity index (χ4v) is 2.46. The van der Waals surface area contributed by atoms with Gasteiger partial charge >= 0.3 is 0 Å². The van der Waals surface area contributed by atoms with Crippen LogP contribution in [-0.2, 0) is 4.79 Å². The van der Waals surface area contributed by atoms with E-state index in [1.54, 1.807) is 0 Å². The van der Waals surface area contributed by atoms with E-state index < -0.39 is 0 Å². The predicted octanol–water partition coefficient (Wildman–Crippen LogP) is 6.08. The summed E-state index contributed by atoms with van der Waals surface area (Å²) >= 11 is 0. The van der Waals surface area contributed by atoms with E-state index in [4.69, 9.17) is 0 Å². The Bertz CT molecular complexity index is 770. The molecule has 0 spiro atoms. The van der Waals surface area contributed by atoms with Crippen LogP contribution in [0.5, 0.6) is 0 Å². The Morgan fingerprint density at radius 3 is 2.26 bits per heavy atom. The van der Waals surface area contributed by atoms with Crippen LogP contribution in [0.1, 0.15) is 53.2 Å². The third-order valence-corrected chi connectivity index (χ3v) is 3.82. The molecule has 2 aromatic rings. The lowest BCUT2D eigenvalue weighted by molar-refractivity contribution is -0.104. The van der Waals surface area contributed by atoms with Crippen LogP contribution in [0.3, 0.4) is 0 Å². The molecule has 0 aliphatic carbocycles. The lowest BCUT2D eigenvalue weighted by Crippen LogP contribution is -2.30. The molecule has 5 nitrogen and oxygen atoms in total. The molecule has 0 saturated heterocycles. The van der Waals surface area contributed by atoms with Crippen molar-refractivity contribution in [2.45, 2.75) is 49.0 Å². The molecule has 0 fully saturated rings. The Morgan fingerprint density at radius 1 is 1.03 bits per heavy atom. The van der Waals surface area contributed by atoms with E-state index in [1.165, 1.54) is 11.6 Å². The lowest BCUT2D eigenvalue weighted by Gasteiger charge is -2.18. The van der Waals surface area contributed by atoms with Crippen LogP contribution in [0.2, 0.25) is 0 Å². The fraction of sp³-hybridized carbons (Fsp3) is 0.385. The predicted molar refractivity (Wildman–Crippen MR) is 138 cm³/mol. The molecule has 2 N–H and O–H groups in total. The van der Waals surface area contributed by atoms with E-state index in [1.807, 2.05) is 102 Å². The standard InChI is InChI=1S/C21H26N4O.2C2H6.CH4/c1-17-8-7-11-20(14-17)22-15-21(12-13-26)23-16-25(3)24-18(2)19-9-5-4-6-10-19;2*1-2;/h4-14,22-23H,15-16H2,1-3H3;2*1-2H3;1H4/b21-12-,24-18+;;;. The van der Waals surface area contributed by atoms with Crippen molar-refractivity contribution < 1.29 is 4.79 Å². The van der Waals surface area contributed by atoms with Gasteiger partial charge in [-0.2, -0.15) is 5.10 Å². The van der Waals surface area contributed by atoms with E-state index in [0.717, 1.165) is 28.9 Å². The van der Waals surface area contributed by atoms with Crippen molar-refractivity contribution in [2.24, 2.45) is 5.10 Å². The SMILES string of the molecule is C.C/C(=N\N(C)CN/C(=C\C=O)CNc1cccc(C)c1)c1ccccc1.CC.CC. The number of benzene rings is 2. The van der Waals surface area contributed by atoms with Crippen molar-refractivity contribution in [1.82, 2.24) is 10.3 Å². The van der Waals surface area contributed by atoms with Crippen LogP contribution >= 0.6 is 0 Å². The topological polar surface area (TPSA) is 56.7 Å². The van der Waals surface area contributed by atoms with Gasteiger partial charge in [-0.25, -0.2) is 0 Å². The van der Waals surface area contributed by atoms with Crippen LogP contribution in [0.4, 0.5) is 5.69 Å². The molecular formula is C26H42N4O. The van der Waals surface area contributed by atoms with E-state index in [-0.39, 0.29) is 7.43 Å². The molecule has 0 radical (unpaired) electrons. The van der Waals surface area contributed by atoms with Crippen molar-refractivity contribution in [2.75, 3.05) is 25.6 Å². The van der Waals surface area contributed by atoms with Gasteiger partial charge in [-0.1, -0.05) is 77.6 Å². The van der Waals surface area contributed by atoms with Crippen molar-refractivity contribution in [3.8, 4) is 0 Å². The second-order valence-electron chi connectivity index (χ2n) is 6.09. The maximum absolute atomic E-state index is 10.9. The zero-order valence-electron chi connectivity index (χ0n) is 19.6. The van der Waals surface area contributed by atoms with Crippen molar-refractivity contribution in [1.29, 1.82) is 0 Å². The Hall–Kier alpha value is -3.08. The molecule has 0 aliphatic heterocycles. The number of nitrogens with zero attached hydrogens (tertiary/aromatic N) is 2. The van der Waals surface area contributed by atoms with Crippen molar-refractivity contribution in [3.05, 3.63) is 77.5 Å². The molecule has 31 heavy (non-hydrogen) atoms. The molecule has 0 atom stereocenters.